The Morgan fingerprint density at radius 1 is 1.28 bits per heavy atom. The lowest BCUT2D eigenvalue weighted by molar-refractivity contribution is -0.138. The Morgan fingerprint density at radius 3 is 2.56 bits per heavy atom. The number of methoxy groups -OCH3 is 1. The maximum atomic E-state index is 12.0. The van der Waals surface area contributed by atoms with Crippen LogP contribution in [0.15, 0.2) is 0 Å². The predicted octanol–water partition coefficient (Wildman–Crippen LogP) is 0.391. The van der Waals surface area contributed by atoms with Crippen LogP contribution in [0.4, 0.5) is 0 Å². The Hall–Kier alpha value is -0.650. The fraction of sp³-hybridized carbons (Fsp3) is 0.923. The molecule has 0 spiro atoms. The van der Waals surface area contributed by atoms with Crippen molar-refractivity contribution in [3.8, 4) is 0 Å². The van der Waals surface area contributed by atoms with Gasteiger partial charge in [0.2, 0.25) is 5.91 Å². The monoisotopic (exact) mass is 256 g/mol. The average Bonchev–Trinajstić information content (AvgIpc) is 2.72. The van der Waals surface area contributed by atoms with E-state index >= 15 is 0 Å². The van der Waals surface area contributed by atoms with E-state index in [2.05, 4.69) is 5.32 Å². The standard InChI is InChI=1S/C13H24N2O3/c1-15(13(16)9-18-6-5-17-2)12-7-10-3-4-11(8-12)14-10/h10-12,14H,3-9H2,1-2H3. The summed E-state index contributed by atoms with van der Waals surface area (Å²) in [5, 5.41) is 3.59. The van der Waals surface area contributed by atoms with Crippen LogP contribution in [-0.4, -0.2) is 62.9 Å². The highest BCUT2D eigenvalue weighted by Crippen LogP contribution is 2.29. The van der Waals surface area contributed by atoms with Gasteiger partial charge in [-0.05, 0) is 25.7 Å². The highest BCUT2D eigenvalue weighted by Gasteiger charge is 2.36. The summed E-state index contributed by atoms with van der Waals surface area (Å²) >= 11 is 0. The maximum absolute atomic E-state index is 12.0. The number of hydrogen-bond donors (Lipinski definition) is 1. The predicted molar refractivity (Wildman–Crippen MR) is 68.4 cm³/mol. The zero-order chi connectivity index (χ0) is 13.0. The third-order valence-electron chi connectivity index (χ3n) is 4.05. The molecule has 2 aliphatic rings. The first kappa shape index (κ1) is 13.8. The molecule has 2 heterocycles. The smallest absolute Gasteiger partial charge is 0.248 e. The molecule has 0 aromatic heterocycles. The third kappa shape index (κ3) is 3.43. The third-order valence-corrected chi connectivity index (χ3v) is 4.05. The van der Waals surface area contributed by atoms with Gasteiger partial charge >= 0.3 is 0 Å². The first-order valence-electron chi connectivity index (χ1n) is 6.79. The van der Waals surface area contributed by atoms with E-state index < -0.39 is 0 Å². The highest BCUT2D eigenvalue weighted by molar-refractivity contribution is 5.77. The summed E-state index contributed by atoms with van der Waals surface area (Å²) in [5.74, 6) is 0.0809. The van der Waals surface area contributed by atoms with Gasteiger partial charge in [0.25, 0.3) is 0 Å². The summed E-state index contributed by atoms with van der Waals surface area (Å²) < 4.78 is 10.2. The molecule has 2 unspecified atom stereocenters. The molecule has 2 fully saturated rings. The van der Waals surface area contributed by atoms with Crippen molar-refractivity contribution in [2.75, 3.05) is 34.0 Å². The molecule has 5 nitrogen and oxygen atoms in total. The molecule has 1 amide bonds. The molecule has 2 saturated heterocycles. The van der Waals surface area contributed by atoms with Crippen LogP contribution >= 0.6 is 0 Å². The lowest BCUT2D eigenvalue weighted by atomic mass is 9.98. The number of nitrogens with zero attached hydrogens (tertiary/aromatic N) is 1. The maximum Gasteiger partial charge on any atom is 0.248 e. The number of carbonyl (C=O) groups is 1. The van der Waals surface area contributed by atoms with Gasteiger partial charge in [-0.3, -0.25) is 4.79 Å². The summed E-state index contributed by atoms with van der Waals surface area (Å²) in [7, 11) is 3.53. The molecule has 1 N–H and O–H groups in total. The minimum absolute atomic E-state index is 0.0809. The molecule has 0 aromatic carbocycles. The van der Waals surface area contributed by atoms with Crippen molar-refractivity contribution < 1.29 is 14.3 Å². The van der Waals surface area contributed by atoms with Gasteiger partial charge in [0, 0.05) is 32.3 Å². The molecule has 5 heteroatoms. The number of piperidine rings is 1. The summed E-state index contributed by atoms with van der Waals surface area (Å²) in [6.45, 7) is 1.18. The van der Waals surface area contributed by atoms with Crippen LogP contribution in [0.1, 0.15) is 25.7 Å². The number of fused-ring (bicyclic) bond motifs is 2. The Kier molecular flexibility index (Phi) is 4.97. The molecule has 2 atom stereocenters. The van der Waals surface area contributed by atoms with Crippen LogP contribution in [0.25, 0.3) is 0 Å². The lowest BCUT2D eigenvalue weighted by Gasteiger charge is -2.35. The quantitative estimate of drug-likeness (QED) is 0.699. The second kappa shape index (κ2) is 6.50. The Bertz CT molecular complexity index is 273. The van der Waals surface area contributed by atoms with E-state index in [0.29, 0.717) is 31.3 Å². The van der Waals surface area contributed by atoms with E-state index in [1.54, 1.807) is 7.11 Å². The van der Waals surface area contributed by atoms with E-state index in [1.165, 1.54) is 12.8 Å². The van der Waals surface area contributed by atoms with Gasteiger partial charge in [-0.2, -0.15) is 0 Å². The van der Waals surface area contributed by atoms with Crippen molar-refractivity contribution >= 4 is 5.91 Å². The minimum Gasteiger partial charge on any atom is -0.382 e. The molecule has 18 heavy (non-hydrogen) atoms. The molecular formula is C13H24N2O3. The Morgan fingerprint density at radius 2 is 1.94 bits per heavy atom. The summed E-state index contributed by atoms with van der Waals surface area (Å²) in [5.41, 5.74) is 0. The molecule has 0 aliphatic carbocycles. The molecule has 2 aliphatic heterocycles. The van der Waals surface area contributed by atoms with Crippen molar-refractivity contribution in [2.24, 2.45) is 0 Å². The Labute approximate surface area is 109 Å². The topological polar surface area (TPSA) is 50.8 Å². The average molecular weight is 256 g/mol. The number of amides is 1. The second-order valence-corrected chi connectivity index (χ2v) is 5.31. The van der Waals surface area contributed by atoms with E-state index in [1.807, 2.05) is 11.9 Å². The molecular weight excluding hydrogens is 232 g/mol. The van der Waals surface area contributed by atoms with Crippen LogP contribution in [0, 0.1) is 0 Å². The van der Waals surface area contributed by atoms with Crippen LogP contribution in [0.3, 0.4) is 0 Å². The minimum atomic E-state index is 0.0809. The lowest BCUT2D eigenvalue weighted by Crippen LogP contribution is -2.49. The van der Waals surface area contributed by atoms with Crippen LogP contribution in [-0.2, 0) is 14.3 Å². The highest BCUT2D eigenvalue weighted by atomic mass is 16.5. The zero-order valence-corrected chi connectivity index (χ0v) is 11.4. The van der Waals surface area contributed by atoms with Gasteiger partial charge in [-0.1, -0.05) is 0 Å². The molecule has 2 rings (SSSR count). The first-order valence-corrected chi connectivity index (χ1v) is 6.79. The summed E-state index contributed by atoms with van der Waals surface area (Å²) in [4.78, 5) is 13.9. The fourth-order valence-electron chi connectivity index (χ4n) is 2.95. The van der Waals surface area contributed by atoms with Gasteiger partial charge in [0.1, 0.15) is 6.61 Å². The molecule has 2 bridgehead atoms. The number of carbonyl (C=O) groups excluding carboxylic acids is 1. The number of ether oxygens (including phenoxy) is 2. The number of nitrogens with one attached hydrogen (secondary N) is 1. The van der Waals surface area contributed by atoms with Crippen LogP contribution in [0.5, 0.6) is 0 Å². The van der Waals surface area contributed by atoms with Crippen LogP contribution in [0.2, 0.25) is 0 Å². The van der Waals surface area contributed by atoms with Gasteiger partial charge in [0.05, 0.1) is 13.2 Å². The van der Waals surface area contributed by atoms with Crippen molar-refractivity contribution in [3.05, 3.63) is 0 Å². The molecule has 0 saturated carbocycles. The second-order valence-electron chi connectivity index (χ2n) is 5.31. The van der Waals surface area contributed by atoms with E-state index in [4.69, 9.17) is 9.47 Å². The van der Waals surface area contributed by atoms with Crippen molar-refractivity contribution in [1.82, 2.24) is 10.2 Å². The first-order chi connectivity index (χ1) is 8.70. The Balaban J connectivity index is 1.72. The molecule has 0 radical (unpaired) electrons. The van der Waals surface area contributed by atoms with E-state index in [0.717, 1.165) is 12.8 Å². The number of hydrogen-bond acceptors (Lipinski definition) is 4. The van der Waals surface area contributed by atoms with Gasteiger partial charge in [0.15, 0.2) is 0 Å². The van der Waals surface area contributed by atoms with Crippen molar-refractivity contribution in [3.63, 3.8) is 0 Å². The van der Waals surface area contributed by atoms with Crippen LogP contribution < -0.4 is 5.32 Å². The normalized spacial score (nSPS) is 30.4. The van der Waals surface area contributed by atoms with Crippen molar-refractivity contribution in [2.45, 2.75) is 43.8 Å². The fourth-order valence-corrected chi connectivity index (χ4v) is 2.95. The number of likely N-dealkylation sites (N-methyl/N-ethyl adjacent to an activating group) is 1. The molecule has 104 valence electrons. The van der Waals surface area contributed by atoms with Gasteiger partial charge in [-0.25, -0.2) is 0 Å². The zero-order valence-electron chi connectivity index (χ0n) is 11.4. The van der Waals surface area contributed by atoms with Gasteiger partial charge < -0.3 is 19.7 Å². The molecule has 0 aromatic rings. The summed E-state index contributed by atoms with van der Waals surface area (Å²) in [6, 6.07) is 1.60. The summed E-state index contributed by atoms with van der Waals surface area (Å²) in [6.07, 6.45) is 4.68. The largest absolute Gasteiger partial charge is 0.382 e. The van der Waals surface area contributed by atoms with Crippen molar-refractivity contribution in [1.29, 1.82) is 0 Å². The van der Waals surface area contributed by atoms with Gasteiger partial charge in [-0.15, -0.1) is 0 Å². The SMILES string of the molecule is COCCOCC(=O)N(C)C1CC2CCC(C1)N2. The van der Waals surface area contributed by atoms with E-state index in [9.17, 15) is 4.79 Å². The number of rotatable bonds is 6. The van der Waals surface area contributed by atoms with E-state index in [-0.39, 0.29) is 12.5 Å².